The molecule has 3 rings (SSSR count). The number of carbonyl (C=O) groups is 1. The zero-order valence-corrected chi connectivity index (χ0v) is 16.9. The number of aromatic nitrogens is 2. The first kappa shape index (κ1) is 20.6. The predicted octanol–water partition coefficient (Wildman–Crippen LogP) is 2.69. The number of carboxylic acids is 1. The van der Waals surface area contributed by atoms with Crippen molar-refractivity contribution in [2.24, 2.45) is 34.7 Å². The molecule has 0 saturated carbocycles. The molecule has 0 aliphatic heterocycles. The first-order valence-corrected chi connectivity index (χ1v) is 9.13. The average molecular weight is 406 g/mol. The molecule has 10 nitrogen and oxygen atoms in total. The summed E-state index contributed by atoms with van der Waals surface area (Å²) in [6.45, 7) is -0.317. The summed E-state index contributed by atoms with van der Waals surface area (Å²) in [7, 11) is 5.35. The lowest BCUT2D eigenvalue weighted by molar-refractivity contribution is -0.657. The summed E-state index contributed by atoms with van der Waals surface area (Å²) in [5, 5.41) is 31.3. The highest BCUT2D eigenvalue weighted by Crippen LogP contribution is 2.23. The van der Waals surface area contributed by atoms with Gasteiger partial charge in [0.2, 0.25) is 0 Å². The highest BCUT2D eigenvalue weighted by Gasteiger charge is 2.10. The fourth-order valence-electron chi connectivity index (χ4n) is 2.56. The Morgan fingerprint density at radius 2 is 1.60 bits per heavy atom. The predicted molar refractivity (Wildman–Crippen MR) is 109 cm³/mol. The maximum Gasteiger partial charge on any atom is 0.421 e. The van der Waals surface area contributed by atoms with E-state index in [4.69, 9.17) is 0 Å². The second-order valence-corrected chi connectivity index (χ2v) is 6.62. The van der Waals surface area contributed by atoms with Gasteiger partial charge in [0.05, 0.1) is 44.7 Å². The van der Waals surface area contributed by atoms with E-state index in [1.54, 1.807) is 12.1 Å². The van der Waals surface area contributed by atoms with Crippen LogP contribution in [0.2, 0.25) is 0 Å². The first-order chi connectivity index (χ1) is 14.4. The fraction of sp³-hybridized carbons (Fsp3) is 0.200. The largest absolute Gasteiger partial charge is 0.548 e. The third-order valence-corrected chi connectivity index (χ3v) is 4.09. The highest BCUT2D eigenvalue weighted by atomic mass is 16.4. The third-order valence-electron chi connectivity index (χ3n) is 4.09. The van der Waals surface area contributed by atoms with E-state index in [-0.39, 0.29) is 6.54 Å². The standard InChI is InChI=1S/C20H22N8O2/c1-26-12-13-27(2)20(26)24-22-17-8-4-15(5-9-17)21-16-6-10-18(11-7-16)23-25-28(3)14-19(29)30/h4-13H,14H2,1-3H3,(H,29,30). The van der Waals surface area contributed by atoms with Crippen molar-refractivity contribution in [3.05, 3.63) is 60.9 Å². The van der Waals surface area contributed by atoms with E-state index < -0.39 is 5.97 Å². The van der Waals surface area contributed by atoms with Crippen molar-refractivity contribution in [1.82, 2.24) is 9.58 Å². The number of nitrogens with one attached hydrogen (secondary N) is 1. The molecule has 1 aromatic heterocycles. The lowest BCUT2D eigenvalue weighted by atomic mass is 10.2. The number of azo groups is 1. The van der Waals surface area contributed by atoms with Crippen LogP contribution in [0.5, 0.6) is 0 Å². The Morgan fingerprint density at radius 1 is 1.03 bits per heavy atom. The highest BCUT2D eigenvalue weighted by molar-refractivity contribution is 5.66. The maximum absolute atomic E-state index is 10.5. The van der Waals surface area contributed by atoms with Crippen molar-refractivity contribution in [2.75, 3.05) is 18.9 Å². The van der Waals surface area contributed by atoms with E-state index in [2.05, 4.69) is 25.9 Å². The number of likely N-dealkylation sites (N-methyl/N-ethyl adjacent to an activating group) is 1. The molecule has 0 unspecified atom stereocenters. The lowest BCUT2D eigenvalue weighted by Gasteiger charge is -2.11. The summed E-state index contributed by atoms with van der Waals surface area (Å²) in [6, 6.07) is 14.9. The van der Waals surface area contributed by atoms with E-state index >= 15 is 0 Å². The molecule has 0 bridgehead atoms. The number of nitrogens with zero attached hydrogens (tertiary/aromatic N) is 7. The van der Waals surface area contributed by atoms with Gasteiger partial charge in [-0.05, 0) is 48.5 Å². The Bertz CT molecular complexity index is 1040. The summed E-state index contributed by atoms with van der Waals surface area (Å²) in [4.78, 5) is 10.5. The van der Waals surface area contributed by atoms with Gasteiger partial charge in [-0.25, -0.2) is 9.13 Å². The van der Waals surface area contributed by atoms with Crippen molar-refractivity contribution in [3.8, 4) is 0 Å². The van der Waals surface area contributed by atoms with Gasteiger partial charge in [0.1, 0.15) is 5.69 Å². The number of hydrogen-bond donors (Lipinski definition) is 1. The van der Waals surface area contributed by atoms with Crippen LogP contribution < -0.4 is 15.0 Å². The van der Waals surface area contributed by atoms with Crippen LogP contribution >= 0.6 is 0 Å². The van der Waals surface area contributed by atoms with E-state index in [0.29, 0.717) is 5.69 Å². The molecule has 1 N–H and O–H groups in total. The van der Waals surface area contributed by atoms with E-state index in [0.717, 1.165) is 23.0 Å². The van der Waals surface area contributed by atoms with Gasteiger partial charge in [-0.1, -0.05) is 10.3 Å². The molecule has 2 aromatic carbocycles. The maximum atomic E-state index is 10.5. The van der Waals surface area contributed by atoms with E-state index in [9.17, 15) is 9.90 Å². The summed E-state index contributed by atoms with van der Waals surface area (Å²) >= 11 is 0. The minimum Gasteiger partial charge on any atom is -0.548 e. The summed E-state index contributed by atoms with van der Waals surface area (Å²) in [5.74, 6) is -0.460. The quantitative estimate of drug-likeness (QED) is 0.352. The summed E-state index contributed by atoms with van der Waals surface area (Å²) < 4.78 is 3.79. The second kappa shape index (κ2) is 9.41. The number of rotatable bonds is 8. The Morgan fingerprint density at radius 3 is 2.10 bits per heavy atom. The van der Waals surface area contributed by atoms with Crippen molar-refractivity contribution in [2.45, 2.75) is 0 Å². The fourth-order valence-corrected chi connectivity index (χ4v) is 2.56. The van der Waals surface area contributed by atoms with E-state index in [1.165, 1.54) is 12.1 Å². The van der Waals surface area contributed by atoms with Gasteiger partial charge in [0, 0.05) is 23.5 Å². The summed E-state index contributed by atoms with van der Waals surface area (Å²) in [5.41, 5.74) is 3.14. The van der Waals surface area contributed by atoms with Gasteiger partial charge in [0.25, 0.3) is 0 Å². The van der Waals surface area contributed by atoms with Gasteiger partial charge in [-0.2, -0.15) is 0 Å². The molecule has 3 aromatic rings. The van der Waals surface area contributed by atoms with Crippen molar-refractivity contribution in [3.63, 3.8) is 0 Å². The summed E-state index contributed by atoms with van der Waals surface area (Å²) in [6.07, 6.45) is 3.83. The molecule has 0 saturated heterocycles. The Kier molecular flexibility index (Phi) is 6.48. The molecule has 0 fully saturated rings. The molecular weight excluding hydrogens is 384 g/mol. The van der Waals surface area contributed by atoms with Crippen LogP contribution in [0.1, 0.15) is 0 Å². The average Bonchev–Trinajstić information content (AvgIpc) is 3.04. The number of hydrogen-bond acceptors (Lipinski definition) is 7. The normalized spacial score (nSPS) is 11.3. The molecule has 10 heteroatoms. The van der Waals surface area contributed by atoms with Gasteiger partial charge in [-0.15, -0.1) is 5.11 Å². The van der Waals surface area contributed by atoms with Crippen LogP contribution in [0.4, 0.5) is 28.7 Å². The van der Waals surface area contributed by atoms with Crippen molar-refractivity contribution >= 4 is 34.7 Å². The number of anilines is 2. The van der Waals surface area contributed by atoms with Gasteiger partial charge >= 0.3 is 5.95 Å². The number of aliphatic carboxylic acids is 1. The molecule has 0 aliphatic carbocycles. The number of aryl methyl sites for hydroxylation is 2. The number of carbonyl (C=O) groups excluding carboxylic acids is 1. The van der Waals surface area contributed by atoms with Crippen LogP contribution in [0.3, 0.4) is 0 Å². The Balaban J connectivity index is 1.59. The zero-order chi connectivity index (χ0) is 21.5. The molecule has 0 spiro atoms. The van der Waals surface area contributed by atoms with Gasteiger partial charge in [0.15, 0.2) is 0 Å². The molecule has 0 aliphatic rings. The smallest absolute Gasteiger partial charge is 0.421 e. The number of carboxylic acid groups (broad SMARTS) is 1. The topological polar surface area (TPSA) is 114 Å². The van der Waals surface area contributed by atoms with Gasteiger partial charge < -0.3 is 15.2 Å². The SMILES string of the molecule is CN(CC(=O)[O-])N=Nc1ccc(Nc2ccc(N=Nc3n(C)cc[n+]3C)cc2)cc1. The van der Waals surface area contributed by atoms with Crippen LogP contribution in [-0.2, 0) is 18.9 Å². The minimum absolute atomic E-state index is 0.317. The van der Waals surface area contributed by atoms with Crippen LogP contribution in [-0.4, -0.2) is 29.1 Å². The molecule has 154 valence electrons. The number of imidazole rings is 1. The molecule has 30 heavy (non-hydrogen) atoms. The minimum atomic E-state index is -1.21. The van der Waals surface area contributed by atoms with Crippen LogP contribution in [0.25, 0.3) is 0 Å². The third kappa shape index (κ3) is 5.71. The Labute approximate surface area is 173 Å². The molecule has 1 heterocycles. The van der Waals surface area contributed by atoms with E-state index in [1.807, 2.05) is 72.0 Å². The second-order valence-electron chi connectivity index (χ2n) is 6.62. The monoisotopic (exact) mass is 406 g/mol. The van der Waals surface area contributed by atoms with Crippen molar-refractivity contribution in [1.29, 1.82) is 0 Å². The van der Waals surface area contributed by atoms with Crippen LogP contribution in [0.15, 0.2) is 81.5 Å². The van der Waals surface area contributed by atoms with Crippen molar-refractivity contribution < 1.29 is 14.5 Å². The first-order valence-electron chi connectivity index (χ1n) is 9.13. The molecule has 0 radical (unpaired) electrons. The lowest BCUT2D eigenvalue weighted by Crippen LogP contribution is -2.33. The zero-order valence-electron chi connectivity index (χ0n) is 16.9. The number of benzene rings is 2. The molecule has 0 atom stereocenters. The van der Waals surface area contributed by atoms with Crippen LogP contribution in [0, 0.1) is 0 Å². The Hall–Kier alpha value is -4.08. The van der Waals surface area contributed by atoms with Gasteiger partial charge in [-0.3, -0.25) is 5.01 Å². The molecular formula is C20H22N8O2. The molecule has 0 amide bonds.